The van der Waals surface area contributed by atoms with Gasteiger partial charge in [-0.2, -0.15) is 4.79 Å². The van der Waals surface area contributed by atoms with Crippen LogP contribution in [0.15, 0.2) is 198 Å². The first kappa shape index (κ1) is 59.8. The van der Waals surface area contributed by atoms with Gasteiger partial charge >= 0.3 is 12.2 Å². The quantitative estimate of drug-likeness (QED) is 0.0406. The second-order valence-electron chi connectivity index (χ2n) is 18.2. The molecule has 0 aliphatic carbocycles. The summed E-state index contributed by atoms with van der Waals surface area (Å²) in [4.78, 5) is 51.8. The maximum absolute atomic E-state index is 13.1. The number of rotatable bonds is 17. The summed E-state index contributed by atoms with van der Waals surface area (Å²) >= 11 is 3.51. The lowest BCUT2D eigenvalue weighted by Crippen LogP contribution is -3.00. The number of nitrogens with zero attached hydrogens (tertiary/aromatic N) is 2. The molecule has 2 saturated heterocycles. The molecule has 0 spiro atoms. The maximum Gasteiger partial charge on any atom is 0.511 e. The largest absolute Gasteiger partial charge is 1.00 e. The smallest absolute Gasteiger partial charge is 0.511 e. The number of hydrogen-bond acceptors (Lipinski definition) is 11. The van der Waals surface area contributed by atoms with Crippen molar-refractivity contribution in [3.63, 3.8) is 0 Å². The van der Waals surface area contributed by atoms with Crippen LogP contribution in [0.5, 0.6) is 0 Å². The number of aromatic nitrogens is 2. The van der Waals surface area contributed by atoms with Gasteiger partial charge in [-0.25, -0.2) is 9.36 Å². The Labute approximate surface area is 477 Å². The average Bonchev–Trinajstić information content (AvgIpc) is 3.91. The van der Waals surface area contributed by atoms with Gasteiger partial charge in [-0.15, -0.1) is 28.1 Å². The molecule has 2 fully saturated rings. The van der Waals surface area contributed by atoms with E-state index in [0.29, 0.717) is 57.8 Å². The van der Waals surface area contributed by atoms with Gasteiger partial charge in [0.05, 0.1) is 39.5 Å². The molecule has 404 valence electrons. The van der Waals surface area contributed by atoms with Crippen molar-refractivity contribution in [3.05, 3.63) is 211 Å². The van der Waals surface area contributed by atoms with Gasteiger partial charge in [0.15, 0.2) is 0 Å². The third-order valence-corrected chi connectivity index (χ3v) is 14.3. The fraction of sp³-hybridized carbons (Fsp3) is 0.283. The highest BCUT2D eigenvalue weighted by Gasteiger charge is 2.26. The molecule has 77 heavy (non-hydrogen) atoms. The summed E-state index contributed by atoms with van der Waals surface area (Å²) < 4.78 is 24.6. The lowest BCUT2D eigenvalue weighted by molar-refractivity contribution is -0.670. The van der Waals surface area contributed by atoms with Gasteiger partial charge in [-0.05, 0) is 77.2 Å². The van der Waals surface area contributed by atoms with Crippen molar-refractivity contribution >= 4 is 58.9 Å². The summed E-state index contributed by atoms with van der Waals surface area (Å²) in [5.41, 5.74) is 12.0. The summed E-state index contributed by atoms with van der Waals surface area (Å²) in [6.07, 6.45) is 7.87. The fourth-order valence-electron chi connectivity index (χ4n) is 7.91. The number of nitrogens with one attached hydrogen (secondary N) is 3. The molecule has 2 aliphatic rings. The first-order chi connectivity index (χ1) is 37.1. The van der Waals surface area contributed by atoms with E-state index in [1.807, 2.05) is 153 Å². The monoisotopic (exact) mass is 1190 g/mol. The number of benzene rings is 6. The van der Waals surface area contributed by atoms with Crippen molar-refractivity contribution < 1.29 is 66.7 Å². The number of thioether (sulfide) groups is 2. The minimum Gasteiger partial charge on any atom is -1.00 e. The van der Waals surface area contributed by atoms with Gasteiger partial charge in [-0.1, -0.05) is 121 Å². The summed E-state index contributed by atoms with van der Waals surface area (Å²) in [5.74, 6) is 1.35. The molecule has 0 radical (unpaired) electrons. The number of imidazole rings is 1. The van der Waals surface area contributed by atoms with Gasteiger partial charge in [0.25, 0.3) is 6.33 Å². The maximum atomic E-state index is 13.1. The molecule has 6 aromatic carbocycles. The third-order valence-electron chi connectivity index (χ3n) is 12.1. The van der Waals surface area contributed by atoms with E-state index in [-0.39, 0.29) is 54.1 Å². The summed E-state index contributed by atoms with van der Waals surface area (Å²) in [7, 11) is 1.86. The first-order valence-electron chi connectivity index (χ1n) is 25.5. The second-order valence-corrected chi connectivity index (χ2v) is 20.3. The van der Waals surface area contributed by atoms with Crippen molar-refractivity contribution in [2.24, 2.45) is 12.8 Å². The van der Waals surface area contributed by atoms with Gasteiger partial charge < -0.3 is 64.6 Å². The van der Waals surface area contributed by atoms with Crippen LogP contribution in [0, 0.1) is 0 Å². The number of carbonyl (C=O) groups excluding carboxylic acids is 4. The van der Waals surface area contributed by atoms with E-state index >= 15 is 0 Å². The van der Waals surface area contributed by atoms with Crippen LogP contribution in [0.1, 0.15) is 47.9 Å². The van der Waals surface area contributed by atoms with E-state index in [1.165, 1.54) is 20.6 Å². The van der Waals surface area contributed by atoms with Gasteiger partial charge in [0, 0.05) is 64.8 Å². The van der Waals surface area contributed by atoms with Crippen molar-refractivity contribution in [3.8, 4) is 0 Å². The topological polar surface area (TPSA) is 176 Å². The Morgan fingerprint density at radius 1 is 0.584 bits per heavy atom. The molecule has 0 bridgehead atoms. The van der Waals surface area contributed by atoms with Crippen molar-refractivity contribution in [1.29, 1.82) is 0 Å². The summed E-state index contributed by atoms with van der Waals surface area (Å²) in [6, 6.07) is 54.4. The Kier molecular flexibility index (Phi) is 25.6. The molecule has 0 saturated carbocycles. The zero-order valence-corrected chi connectivity index (χ0v) is 46.9. The highest BCUT2D eigenvalue weighted by molar-refractivity contribution is 7.98. The van der Waals surface area contributed by atoms with Gasteiger partial charge in [0.1, 0.15) is 30.6 Å². The number of anilines is 2. The van der Waals surface area contributed by atoms with Crippen LogP contribution in [0.25, 0.3) is 0 Å². The zero-order valence-electron chi connectivity index (χ0n) is 43.1. The normalized spacial score (nSPS) is 14.1. The lowest BCUT2D eigenvalue weighted by Gasteiger charge is -2.24. The van der Waals surface area contributed by atoms with Crippen LogP contribution in [-0.4, -0.2) is 79.3 Å². The molecule has 5 N–H and O–H groups in total. The van der Waals surface area contributed by atoms with Gasteiger partial charge in [-0.3, -0.25) is 9.59 Å². The number of alkyl carbamates (subject to hydrolysis) is 1. The minimum absolute atomic E-state index is 0. The summed E-state index contributed by atoms with van der Waals surface area (Å²) in [6.45, 7) is 2.51. The zero-order chi connectivity index (χ0) is 53.2. The molecular formula is C60H67IN6O8S2. The minimum atomic E-state index is -0.767. The Balaban J connectivity index is 0.000000201. The second kappa shape index (κ2) is 33.0. The SMILES string of the molecule is C[n+]1ccn(C(=O)OC2CCOCC2)c1.N[C@@H](Cc1ccccc1)C(=O)Nc1ccc(SCc2ccccc2)cc1.O=C(N[C@@H](Cc1ccccc1)C(=O)Nc1ccc(SCc2ccccc2)cc1)OC1CCOCC1.[I-]. The Morgan fingerprint density at radius 2 is 1.00 bits per heavy atom. The van der Waals surface area contributed by atoms with E-state index in [2.05, 4.69) is 40.2 Å². The molecule has 2 aliphatic heterocycles. The van der Waals surface area contributed by atoms with Gasteiger partial charge in [0.2, 0.25) is 11.8 Å². The number of hydrogen-bond donors (Lipinski definition) is 4. The molecular weight excluding hydrogens is 1120 g/mol. The number of aryl methyl sites for hydroxylation is 1. The molecule has 7 aromatic rings. The van der Waals surface area contributed by atoms with Crippen LogP contribution >= 0.6 is 23.5 Å². The summed E-state index contributed by atoms with van der Waals surface area (Å²) in [5, 5.41) is 8.59. The standard InChI is InChI=1S/C28H30N2O4S.C22H22N2OS.C10H15N2O3.HI/c31-27(29-23-11-13-25(14-12-23)35-20-22-9-5-2-6-10-22)26(19-21-7-3-1-4-8-21)30-28(32)34-24-15-17-33-18-16-24;23-21(15-17-7-3-1-4-8-17)22(25)24-19-11-13-20(14-12-19)26-16-18-9-5-2-6-10-18;1-11-4-5-12(8-11)10(13)15-9-2-6-14-7-3-9;/h1-14,24,26H,15-20H2,(H,29,31)(H,30,32);1-14,21H,15-16,23H2,(H,24,25);4-5,8-9H,2-3,6-7H2,1H3;1H/q;;+1;/p-1/t26-;21-;;/m00../s1. The van der Waals surface area contributed by atoms with Crippen LogP contribution in [0.4, 0.5) is 21.0 Å². The average molecular weight is 1190 g/mol. The number of amides is 3. The Morgan fingerprint density at radius 3 is 1.44 bits per heavy atom. The molecule has 0 unspecified atom stereocenters. The van der Waals surface area contributed by atoms with Crippen molar-refractivity contribution in [1.82, 2.24) is 9.88 Å². The van der Waals surface area contributed by atoms with E-state index in [0.717, 1.165) is 46.1 Å². The number of carbonyl (C=O) groups is 4. The fourth-order valence-corrected chi connectivity index (χ4v) is 9.62. The number of nitrogens with two attached hydrogens (primary N) is 1. The molecule has 1 aromatic heterocycles. The first-order valence-corrected chi connectivity index (χ1v) is 27.4. The van der Waals surface area contributed by atoms with Crippen LogP contribution < -0.4 is 50.2 Å². The molecule has 3 amide bonds. The van der Waals surface area contributed by atoms with Crippen molar-refractivity contribution in [2.45, 2.75) is 84.1 Å². The predicted molar refractivity (Wildman–Crippen MR) is 299 cm³/mol. The molecule has 9 rings (SSSR count). The molecule has 14 nitrogen and oxygen atoms in total. The Hall–Kier alpha value is -6.48. The number of ether oxygens (including phenoxy) is 4. The lowest BCUT2D eigenvalue weighted by atomic mass is 10.1. The molecule has 3 heterocycles. The van der Waals surface area contributed by atoms with Crippen LogP contribution in [0.2, 0.25) is 0 Å². The van der Waals surface area contributed by atoms with E-state index in [9.17, 15) is 19.2 Å². The molecule has 17 heteroatoms. The van der Waals surface area contributed by atoms with E-state index in [4.69, 9.17) is 24.7 Å². The van der Waals surface area contributed by atoms with E-state index < -0.39 is 18.2 Å². The highest BCUT2D eigenvalue weighted by atomic mass is 127. The van der Waals surface area contributed by atoms with Crippen molar-refractivity contribution in [2.75, 3.05) is 37.1 Å². The predicted octanol–water partition coefficient (Wildman–Crippen LogP) is 7.40. The number of halogens is 1. The highest BCUT2D eigenvalue weighted by Crippen LogP contribution is 2.26. The van der Waals surface area contributed by atoms with E-state index in [1.54, 1.807) is 46.8 Å². The third kappa shape index (κ3) is 21.8. The Bertz CT molecular complexity index is 2820. The molecule has 2 atom stereocenters. The van der Waals surface area contributed by atoms with Crippen LogP contribution in [-0.2, 0) is 59.9 Å². The van der Waals surface area contributed by atoms with Crippen LogP contribution in [0.3, 0.4) is 0 Å².